The Kier molecular flexibility index (Phi) is 3.02. The highest BCUT2D eigenvalue weighted by molar-refractivity contribution is 5.54. The summed E-state index contributed by atoms with van der Waals surface area (Å²) < 4.78 is 0. The number of nitrogens with one attached hydrogen (secondary N) is 1. The molecular weight excluding hydrogens is 224 g/mol. The van der Waals surface area contributed by atoms with Crippen LogP contribution in [0.5, 0.6) is 0 Å². The Morgan fingerprint density at radius 2 is 2.22 bits per heavy atom. The van der Waals surface area contributed by atoms with E-state index in [1.165, 1.54) is 11.3 Å². The second-order valence-electron chi connectivity index (χ2n) is 4.51. The van der Waals surface area contributed by atoms with Crippen LogP contribution < -0.4 is 5.32 Å². The van der Waals surface area contributed by atoms with E-state index in [4.69, 9.17) is 4.98 Å². The van der Waals surface area contributed by atoms with Crippen LogP contribution in [0.4, 0.5) is 0 Å². The highest BCUT2D eigenvalue weighted by Crippen LogP contribution is 2.22. The van der Waals surface area contributed by atoms with E-state index >= 15 is 0 Å². The first-order valence-corrected chi connectivity index (χ1v) is 6.38. The van der Waals surface area contributed by atoms with Crippen molar-refractivity contribution < 1.29 is 0 Å². The highest BCUT2D eigenvalue weighted by Gasteiger charge is 2.18. The SMILES string of the molecule is CCCc1nc(-c2cccnc2)nc2c1CNC2. The van der Waals surface area contributed by atoms with Gasteiger partial charge in [0.25, 0.3) is 0 Å². The number of aromatic nitrogens is 3. The van der Waals surface area contributed by atoms with Crippen LogP contribution in [0.25, 0.3) is 11.4 Å². The smallest absolute Gasteiger partial charge is 0.161 e. The molecule has 1 N–H and O–H groups in total. The first kappa shape index (κ1) is 11.3. The molecule has 4 nitrogen and oxygen atoms in total. The van der Waals surface area contributed by atoms with Crippen molar-refractivity contribution in [2.75, 3.05) is 0 Å². The van der Waals surface area contributed by atoms with Crippen molar-refractivity contribution in [3.63, 3.8) is 0 Å². The fraction of sp³-hybridized carbons (Fsp3) is 0.357. The predicted molar refractivity (Wildman–Crippen MR) is 69.8 cm³/mol. The lowest BCUT2D eigenvalue weighted by Crippen LogP contribution is -2.03. The molecule has 0 aromatic carbocycles. The van der Waals surface area contributed by atoms with Gasteiger partial charge in [0.05, 0.1) is 5.69 Å². The molecule has 1 aliphatic heterocycles. The lowest BCUT2D eigenvalue weighted by atomic mass is 10.1. The van der Waals surface area contributed by atoms with Crippen molar-refractivity contribution in [2.24, 2.45) is 0 Å². The summed E-state index contributed by atoms with van der Waals surface area (Å²) in [6.07, 6.45) is 5.71. The number of rotatable bonds is 3. The van der Waals surface area contributed by atoms with Crippen LogP contribution in [-0.4, -0.2) is 15.0 Å². The molecule has 0 aliphatic carbocycles. The molecule has 0 saturated carbocycles. The van der Waals surface area contributed by atoms with Crippen LogP contribution in [0.1, 0.15) is 30.3 Å². The Balaban J connectivity index is 2.09. The van der Waals surface area contributed by atoms with Crippen molar-refractivity contribution in [3.8, 4) is 11.4 Å². The van der Waals surface area contributed by atoms with Gasteiger partial charge in [-0.1, -0.05) is 13.3 Å². The molecular formula is C14H16N4. The Morgan fingerprint density at radius 1 is 1.28 bits per heavy atom. The summed E-state index contributed by atoms with van der Waals surface area (Å²) >= 11 is 0. The number of hydrogen-bond donors (Lipinski definition) is 1. The van der Waals surface area contributed by atoms with Crippen LogP contribution in [0, 0.1) is 0 Å². The highest BCUT2D eigenvalue weighted by atomic mass is 15.0. The lowest BCUT2D eigenvalue weighted by molar-refractivity contribution is 0.753. The van der Waals surface area contributed by atoms with Gasteiger partial charge >= 0.3 is 0 Å². The maximum Gasteiger partial charge on any atom is 0.161 e. The van der Waals surface area contributed by atoms with Gasteiger partial charge in [-0.2, -0.15) is 0 Å². The van der Waals surface area contributed by atoms with Crippen LogP contribution >= 0.6 is 0 Å². The fourth-order valence-corrected chi connectivity index (χ4v) is 2.31. The van der Waals surface area contributed by atoms with E-state index in [0.717, 1.165) is 43.0 Å². The molecule has 0 bridgehead atoms. The minimum absolute atomic E-state index is 0.800. The third-order valence-corrected chi connectivity index (χ3v) is 3.18. The van der Waals surface area contributed by atoms with Gasteiger partial charge in [0.2, 0.25) is 0 Å². The van der Waals surface area contributed by atoms with Crippen LogP contribution in [0.15, 0.2) is 24.5 Å². The fourth-order valence-electron chi connectivity index (χ4n) is 2.31. The van der Waals surface area contributed by atoms with Crippen molar-refractivity contribution in [3.05, 3.63) is 41.5 Å². The van der Waals surface area contributed by atoms with Gasteiger partial charge in [0, 0.05) is 42.3 Å². The molecule has 92 valence electrons. The summed E-state index contributed by atoms with van der Waals surface area (Å²) in [6.45, 7) is 3.93. The van der Waals surface area contributed by atoms with Crippen molar-refractivity contribution in [1.82, 2.24) is 20.3 Å². The zero-order valence-corrected chi connectivity index (χ0v) is 10.5. The Bertz CT molecular complexity index is 551. The normalized spacial score (nSPS) is 13.6. The molecule has 0 amide bonds. The van der Waals surface area contributed by atoms with E-state index in [-0.39, 0.29) is 0 Å². The largest absolute Gasteiger partial charge is 0.307 e. The molecule has 18 heavy (non-hydrogen) atoms. The minimum atomic E-state index is 0.800. The van der Waals surface area contributed by atoms with Crippen molar-refractivity contribution in [2.45, 2.75) is 32.9 Å². The third-order valence-electron chi connectivity index (χ3n) is 3.18. The molecule has 0 saturated heterocycles. The van der Waals surface area contributed by atoms with Gasteiger partial charge in [-0.15, -0.1) is 0 Å². The molecule has 0 fully saturated rings. The summed E-state index contributed by atoms with van der Waals surface area (Å²) in [5.41, 5.74) is 4.62. The zero-order valence-electron chi connectivity index (χ0n) is 10.5. The summed E-state index contributed by atoms with van der Waals surface area (Å²) in [6, 6.07) is 3.93. The molecule has 0 spiro atoms. The molecule has 3 rings (SSSR count). The molecule has 4 heteroatoms. The summed E-state index contributed by atoms with van der Waals surface area (Å²) in [5, 5.41) is 3.35. The summed E-state index contributed by atoms with van der Waals surface area (Å²) in [7, 11) is 0. The van der Waals surface area contributed by atoms with E-state index in [0.29, 0.717) is 0 Å². The second kappa shape index (κ2) is 4.82. The molecule has 2 aromatic heterocycles. The lowest BCUT2D eigenvalue weighted by Gasteiger charge is -2.08. The van der Waals surface area contributed by atoms with Gasteiger partial charge in [-0.25, -0.2) is 9.97 Å². The third kappa shape index (κ3) is 1.99. The topological polar surface area (TPSA) is 50.7 Å². The van der Waals surface area contributed by atoms with Crippen LogP contribution in [0.3, 0.4) is 0 Å². The average molecular weight is 240 g/mol. The monoisotopic (exact) mass is 240 g/mol. The first-order valence-electron chi connectivity index (χ1n) is 6.38. The van der Waals surface area contributed by atoms with Crippen molar-refractivity contribution >= 4 is 0 Å². The van der Waals surface area contributed by atoms with Crippen LogP contribution in [0.2, 0.25) is 0 Å². The number of fused-ring (bicyclic) bond motifs is 1. The van der Waals surface area contributed by atoms with Crippen molar-refractivity contribution in [1.29, 1.82) is 0 Å². The molecule has 0 radical (unpaired) electrons. The minimum Gasteiger partial charge on any atom is -0.307 e. The first-order chi connectivity index (χ1) is 8.88. The molecule has 2 aromatic rings. The van der Waals surface area contributed by atoms with Gasteiger partial charge in [-0.3, -0.25) is 4.98 Å². The number of nitrogens with zero attached hydrogens (tertiary/aromatic N) is 3. The summed E-state index contributed by atoms with van der Waals surface area (Å²) in [4.78, 5) is 13.5. The van der Waals surface area contributed by atoms with E-state index in [2.05, 4.69) is 22.2 Å². The zero-order chi connectivity index (χ0) is 12.4. The maximum atomic E-state index is 4.71. The standard InChI is InChI=1S/C14H16N4/c1-2-4-12-11-8-16-9-13(11)18-14(17-12)10-5-3-6-15-7-10/h3,5-7,16H,2,4,8-9H2,1H3. The van der Waals surface area contributed by atoms with E-state index < -0.39 is 0 Å². The Hall–Kier alpha value is -1.81. The Labute approximate surface area is 107 Å². The average Bonchev–Trinajstić information content (AvgIpc) is 2.88. The molecule has 0 unspecified atom stereocenters. The number of aryl methyl sites for hydroxylation is 1. The second-order valence-corrected chi connectivity index (χ2v) is 4.51. The van der Waals surface area contributed by atoms with Crippen LogP contribution in [-0.2, 0) is 19.5 Å². The summed E-state index contributed by atoms with van der Waals surface area (Å²) in [5.74, 6) is 0.800. The van der Waals surface area contributed by atoms with Gasteiger partial charge in [0.15, 0.2) is 5.82 Å². The molecule has 3 heterocycles. The maximum absolute atomic E-state index is 4.71. The Morgan fingerprint density at radius 3 is 3.00 bits per heavy atom. The van der Waals surface area contributed by atoms with Gasteiger partial charge < -0.3 is 5.32 Å². The quantitative estimate of drug-likeness (QED) is 0.892. The van der Waals surface area contributed by atoms with E-state index in [1.807, 2.05) is 18.3 Å². The van der Waals surface area contributed by atoms with Gasteiger partial charge in [-0.05, 0) is 18.6 Å². The van der Waals surface area contributed by atoms with E-state index in [1.54, 1.807) is 6.20 Å². The van der Waals surface area contributed by atoms with E-state index in [9.17, 15) is 0 Å². The predicted octanol–water partition coefficient (Wildman–Crippen LogP) is 2.09. The molecule has 1 aliphatic rings. The number of hydrogen-bond acceptors (Lipinski definition) is 4. The molecule has 0 atom stereocenters. The number of pyridine rings is 1. The van der Waals surface area contributed by atoms with Gasteiger partial charge in [0.1, 0.15) is 0 Å².